The molecule has 0 saturated heterocycles. The summed E-state index contributed by atoms with van der Waals surface area (Å²) < 4.78 is 10.6. The normalized spacial score (nSPS) is 9.61. The Hall–Kier alpha value is -2.80. The van der Waals surface area contributed by atoms with Crippen molar-refractivity contribution in [3.8, 4) is 23.0 Å². The minimum absolute atomic E-state index is 0. The fourth-order valence-corrected chi connectivity index (χ4v) is 2.23. The first-order valence-corrected chi connectivity index (χ1v) is 9.68. The van der Waals surface area contributed by atoms with E-state index in [0.717, 1.165) is 25.7 Å². The number of hydrogen-bond acceptors (Lipinski definition) is 6. The molecule has 0 heterocycles. The van der Waals surface area contributed by atoms with Crippen molar-refractivity contribution in [1.82, 2.24) is 0 Å². The standard InChI is InChI=1S/2C11H14O4.Zn/c2*1-2-3-6-15-8-4-5-9(11(13)14)10(12)7-8;/h2*4-5,7,12H,2-3,6H2,1H3,(H,13,14);. The molecule has 0 aromatic heterocycles. The molecule has 2 aromatic carbocycles. The predicted octanol–water partition coefficient (Wildman–Crippen LogP) is 4.54. The predicted molar refractivity (Wildman–Crippen MR) is 111 cm³/mol. The van der Waals surface area contributed by atoms with E-state index < -0.39 is 11.9 Å². The SMILES string of the molecule is CCCCOc1ccc(C(=O)O)c(O)c1.CCCCOc1ccc(C(=O)O)c(O)c1.[Zn]. The number of carbonyl (C=O) groups is 2. The van der Waals surface area contributed by atoms with Gasteiger partial charge in [-0.1, -0.05) is 26.7 Å². The van der Waals surface area contributed by atoms with Crippen molar-refractivity contribution in [2.45, 2.75) is 39.5 Å². The fourth-order valence-electron chi connectivity index (χ4n) is 2.23. The zero-order valence-electron chi connectivity index (χ0n) is 17.8. The number of benzene rings is 2. The van der Waals surface area contributed by atoms with Gasteiger partial charge in [0.05, 0.1) is 13.2 Å². The van der Waals surface area contributed by atoms with Crippen molar-refractivity contribution in [3.63, 3.8) is 0 Å². The van der Waals surface area contributed by atoms with Crippen molar-refractivity contribution >= 4 is 11.9 Å². The van der Waals surface area contributed by atoms with Gasteiger partial charge in [0.1, 0.15) is 34.1 Å². The van der Waals surface area contributed by atoms with Crippen LogP contribution in [0.1, 0.15) is 60.2 Å². The maximum Gasteiger partial charge on any atom is 0.339 e. The van der Waals surface area contributed by atoms with E-state index in [1.165, 1.54) is 24.3 Å². The second-order valence-corrected chi connectivity index (χ2v) is 6.37. The molecule has 0 spiro atoms. The zero-order chi connectivity index (χ0) is 22.5. The van der Waals surface area contributed by atoms with Crippen LogP contribution < -0.4 is 9.47 Å². The van der Waals surface area contributed by atoms with E-state index in [1.54, 1.807) is 12.1 Å². The molecule has 2 rings (SSSR count). The number of unbranched alkanes of at least 4 members (excludes halogenated alkanes) is 2. The minimum Gasteiger partial charge on any atom is -0.507 e. The Morgan fingerprint density at radius 2 is 1.10 bits per heavy atom. The average molecular weight is 486 g/mol. The number of phenols is 2. The van der Waals surface area contributed by atoms with Crippen molar-refractivity contribution in [2.24, 2.45) is 0 Å². The second kappa shape index (κ2) is 15.1. The van der Waals surface area contributed by atoms with Crippen LogP contribution in [0.15, 0.2) is 36.4 Å². The van der Waals surface area contributed by atoms with Crippen LogP contribution in [0, 0.1) is 0 Å². The Labute approximate surface area is 194 Å². The van der Waals surface area contributed by atoms with E-state index in [2.05, 4.69) is 0 Å². The van der Waals surface area contributed by atoms with Crippen LogP contribution in [0.3, 0.4) is 0 Å². The van der Waals surface area contributed by atoms with Gasteiger partial charge in [0, 0.05) is 31.6 Å². The molecule has 0 atom stereocenters. The van der Waals surface area contributed by atoms with Crippen LogP contribution in [0.5, 0.6) is 23.0 Å². The molecule has 0 fully saturated rings. The van der Waals surface area contributed by atoms with E-state index in [4.69, 9.17) is 19.7 Å². The van der Waals surface area contributed by atoms with Gasteiger partial charge in [-0.3, -0.25) is 0 Å². The zero-order valence-corrected chi connectivity index (χ0v) is 20.8. The van der Waals surface area contributed by atoms with Gasteiger partial charge in [-0.05, 0) is 37.1 Å². The summed E-state index contributed by atoms with van der Waals surface area (Å²) in [7, 11) is 0. The van der Waals surface area contributed by atoms with Gasteiger partial charge in [-0.15, -0.1) is 0 Å². The molecular formula is C22H28O8Zn. The first-order chi connectivity index (χ1) is 14.3. The molecule has 0 saturated carbocycles. The van der Waals surface area contributed by atoms with E-state index in [-0.39, 0.29) is 42.1 Å². The first-order valence-electron chi connectivity index (χ1n) is 9.68. The summed E-state index contributed by atoms with van der Waals surface area (Å²) in [5, 5.41) is 36.1. The summed E-state index contributed by atoms with van der Waals surface area (Å²) in [5.41, 5.74) is -0.226. The maximum atomic E-state index is 10.6. The van der Waals surface area contributed by atoms with Crippen molar-refractivity contribution in [1.29, 1.82) is 0 Å². The Balaban J connectivity index is 0.000000562. The van der Waals surface area contributed by atoms with E-state index in [1.807, 2.05) is 13.8 Å². The summed E-state index contributed by atoms with van der Waals surface area (Å²) in [6.07, 6.45) is 3.92. The Bertz CT molecular complexity index is 769. The molecule has 0 aliphatic carbocycles. The summed E-state index contributed by atoms with van der Waals surface area (Å²) in [6.45, 7) is 5.24. The molecule has 0 aliphatic heterocycles. The first kappa shape index (κ1) is 28.2. The summed E-state index contributed by atoms with van der Waals surface area (Å²) in [5.74, 6) is -1.84. The topological polar surface area (TPSA) is 134 Å². The average Bonchev–Trinajstić information content (AvgIpc) is 2.68. The molecule has 8 nitrogen and oxygen atoms in total. The van der Waals surface area contributed by atoms with Crippen molar-refractivity contribution < 1.29 is 59.0 Å². The van der Waals surface area contributed by atoms with Gasteiger partial charge >= 0.3 is 11.9 Å². The number of aromatic hydroxyl groups is 2. The van der Waals surface area contributed by atoms with Gasteiger partial charge in [0.25, 0.3) is 0 Å². The summed E-state index contributed by atoms with van der Waals surface area (Å²) >= 11 is 0. The molecule has 4 N–H and O–H groups in total. The van der Waals surface area contributed by atoms with Crippen LogP contribution >= 0.6 is 0 Å². The molecule has 0 unspecified atom stereocenters. The minimum atomic E-state index is -1.15. The van der Waals surface area contributed by atoms with Crippen molar-refractivity contribution in [2.75, 3.05) is 13.2 Å². The Kier molecular flexibility index (Phi) is 13.7. The monoisotopic (exact) mass is 484 g/mol. The summed E-state index contributed by atoms with van der Waals surface area (Å²) in [6, 6.07) is 8.38. The number of ether oxygens (including phenoxy) is 2. The van der Waals surface area contributed by atoms with Crippen LogP contribution in [0.2, 0.25) is 0 Å². The van der Waals surface area contributed by atoms with E-state index >= 15 is 0 Å². The van der Waals surface area contributed by atoms with Crippen LogP contribution in [-0.4, -0.2) is 45.6 Å². The summed E-state index contributed by atoms with van der Waals surface area (Å²) in [4.78, 5) is 21.2. The Morgan fingerprint density at radius 3 is 1.35 bits per heavy atom. The largest absolute Gasteiger partial charge is 0.507 e. The van der Waals surface area contributed by atoms with Crippen LogP contribution in [0.4, 0.5) is 0 Å². The number of carboxylic acids is 2. The van der Waals surface area contributed by atoms with Gasteiger partial charge in [0.15, 0.2) is 0 Å². The van der Waals surface area contributed by atoms with E-state index in [0.29, 0.717) is 24.7 Å². The fraction of sp³-hybridized carbons (Fsp3) is 0.364. The molecule has 2 aromatic rings. The second-order valence-electron chi connectivity index (χ2n) is 6.37. The molecule has 0 radical (unpaired) electrons. The maximum absolute atomic E-state index is 10.6. The quantitative estimate of drug-likeness (QED) is 0.285. The van der Waals surface area contributed by atoms with E-state index in [9.17, 15) is 19.8 Å². The number of aromatic carboxylic acids is 2. The third-order valence-corrected chi connectivity index (χ3v) is 3.93. The molecular weight excluding hydrogens is 458 g/mol. The van der Waals surface area contributed by atoms with Gasteiger partial charge in [-0.2, -0.15) is 0 Å². The van der Waals surface area contributed by atoms with Crippen molar-refractivity contribution in [3.05, 3.63) is 47.5 Å². The molecule has 0 bridgehead atoms. The number of carboxylic acid groups (broad SMARTS) is 2. The molecule has 166 valence electrons. The molecule has 0 aliphatic rings. The van der Waals surface area contributed by atoms with Gasteiger partial charge < -0.3 is 29.9 Å². The molecule has 31 heavy (non-hydrogen) atoms. The molecule has 9 heteroatoms. The van der Waals surface area contributed by atoms with Gasteiger partial charge in [0.2, 0.25) is 0 Å². The number of rotatable bonds is 10. The smallest absolute Gasteiger partial charge is 0.339 e. The van der Waals surface area contributed by atoms with Crippen LogP contribution in [0.25, 0.3) is 0 Å². The number of hydrogen-bond donors (Lipinski definition) is 4. The van der Waals surface area contributed by atoms with Gasteiger partial charge in [-0.25, -0.2) is 9.59 Å². The molecule has 0 amide bonds. The van der Waals surface area contributed by atoms with Crippen LogP contribution in [-0.2, 0) is 19.5 Å². The third kappa shape index (κ3) is 10.2. The third-order valence-electron chi connectivity index (χ3n) is 3.93. The Morgan fingerprint density at radius 1 is 0.742 bits per heavy atom.